The van der Waals surface area contributed by atoms with Crippen molar-refractivity contribution >= 4 is 11.7 Å². The molecule has 1 aliphatic rings. The van der Waals surface area contributed by atoms with E-state index in [1.807, 2.05) is 4.90 Å². The van der Waals surface area contributed by atoms with Gasteiger partial charge in [0.05, 0.1) is 11.5 Å². The van der Waals surface area contributed by atoms with Crippen LogP contribution < -0.4 is 9.64 Å². The Morgan fingerprint density at radius 1 is 1.23 bits per heavy atom. The van der Waals surface area contributed by atoms with E-state index in [-0.39, 0.29) is 23.8 Å². The van der Waals surface area contributed by atoms with Gasteiger partial charge in [-0.1, -0.05) is 12.1 Å². The molecule has 0 bridgehead atoms. The highest BCUT2D eigenvalue weighted by Gasteiger charge is 2.33. The van der Waals surface area contributed by atoms with E-state index >= 15 is 0 Å². The van der Waals surface area contributed by atoms with Crippen LogP contribution in [-0.4, -0.2) is 34.4 Å². The third-order valence-corrected chi connectivity index (χ3v) is 4.98. The van der Waals surface area contributed by atoms with Crippen LogP contribution >= 0.6 is 0 Å². The fourth-order valence-corrected chi connectivity index (χ4v) is 3.31. The minimum atomic E-state index is -4.51. The largest absolute Gasteiger partial charge is 0.483 e. The van der Waals surface area contributed by atoms with Gasteiger partial charge in [0.15, 0.2) is 6.61 Å². The Labute approximate surface area is 175 Å². The fraction of sp³-hybridized carbons (Fsp3) is 0.286. The number of benzene rings is 2. The van der Waals surface area contributed by atoms with Crippen LogP contribution in [0.25, 0.3) is 11.1 Å². The van der Waals surface area contributed by atoms with Crippen LogP contribution in [0.4, 0.5) is 18.9 Å². The van der Waals surface area contributed by atoms with E-state index in [1.54, 1.807) is 31.2 Å². The predicted octanol–water partition coefficient (Wildman–Crippen LogP) is 4.16. The highest BCUT2D eigenvalue weighted by molar-refractivity contribution is 5.77. The van der Waals surface area contributed by atoms with E-state index in [1.165, 1.54) is 6.07 Å². The van der Waals surface area contributed by atoms with Crippen molar-refractivity contribution in [2.24, 2.45) is 5.92 Å². The number of aromatic nitrogens is 2. The molecule has 1 aliphatic heterocycles. The number of carboxylic acid groups (broad SMARTS) is 1. The van der Waals surface area contributed by atoms with Crippen molar-refractivity contribution in [3.05, 3.63) is 59.8 Å². The summed E-state index contributed by atoms with van der Waals surface area (Å²) in [7, 11) is 0. The molecule has 2 heterocycles. The average molecular weight is 433 g/mol. The van der Waals surface area contributed by atoms with Gasteiger partial charge in [0.25, 0.3) is 5.89 Å². The number of carboxylic acids is 1. The first kappa shape index (κ1) is 20.7. The molecule has 3 aromatic rings. The first-order valence-corrected chi connectivity index (χ1v) is 9.42. The lowest BCUT2D eigenvalue weighted by atomic mass is 9.97. The van der Waals surface area contributed by atoms with Crippen molar-refractivity contribution in [3.63, 3.8) is 0 Å². The summed E-state index contributed by atoms with van der Waals surface area (Å²) in [5, 5.41) is 16.6. The maximum atomic E-state index is 13.3. The third kappa shape index (κ3) is 4.47. The number of anilines is 1. The number of hydrogen-bond donors (Lipinski definition) is 1. The van der Waals surface area contributed by atoms with Gasteiger partial charge in [-0.3, -0.25) is 4.79 Å². The number of rotatable bonds is 6. The molecule has 0 unspecified atom stereocenters. The number of carbonyl (C=O) groups is 1. The number of alkyl halides is 3. The fourth-order valence-electron chi connectivity index (χ4n) is 3.31. The van der Waals surface area contributed by atoms with Gasteiger partial charge < -0.3 is 19.2 Å². The molecule has 1 saturated heterocycles. The van der Waals surface area contributed by atoms with Gasteiger partial charge >= 0.3 is 12.1 Å². The van der Waals surface area contributed by atoms with Gasteiger partial charge in [0, 0.05) is 31.3 Å². The lowest BCUT2D eigenvalue weighted by Gasteiger charge is -2.38. The van der Waals surface area contributed by atoms with Crippen molar-refractivity contribution in [1.82, 2.24) is 10.2 Å². The van der Waals surface area contributed by atoms with Gasteiger partial charge in [-0.05, 0) is 35.9 Å². The molecule has 0 atom stereocenters. The van der Waals surface area contributed by atoms with Gasteiger partial charge in [0.1, 0.15) is 5.75 Å². The molecule has 0 saturated carbocycles. The van der Waals surface area contributed by atoms with Gasteiger partial charge in [-0.2, -0.15) is 13.2 Å². The Hall–Kier alpha value is -3.56. The molecule has 1 N–H and O–H groups in total. The molecule has 0 aliphatic carbocycles. The third-order valence-electron chi connectivity index (χ3n) is 4.98. The summed E-state index contributed by atoms with van der Waals surface area (Å²) < 4.78 is 50.9. The van der Waals surface area contributed by atoms with Crippen LogP contribution in [0.1, 0.15) is 17.3 Å². The Morgan fingerprint density at radius 2 is 2.00 bits per heavy atom. The summed E-state index contributed by atoms with van der Waals surface area (Å²) in [5.41, 5.74) is 0.692. The maximum Gasteiger partial charge on any atom is 0.416 e. The van der Waals surface area contributed by atoms with E-state index in [9.17, 15) is 18.0 Å². The van der Waals surface area contributed by atoms with Crippen molar-refractivity contribution in [2.75, 3.05) is 18.0 Å². The molecular formula is C21H18F3N3O4. The molecule has 31 heavy (non-hydrogen) atoms. The van der Waals surface area contributed by atoms with E-state index in [0.29, 0.717) is 24.5 Å². The van der Waals surface area contributed by atoms with Crippen LogP contribution in [-0.2, 0) is 17.6 Å². The van der Waals surface area contributed by atoms with E-state index in [0.717, 1.165) is 17.8 Å². The zero-order valence-corrected chi connectivity index (χ0v) is 16.4. The summed E-state index contributed by atoms with van der Waals surface area (Å²) in [4.78, 5) is 12.9. The maximum absolute atomic E-state index is 13.3. The molecule has 2 aromatic carbocycles. The standard InChI is InChI=1S/C21H18F3N3O4/c1-12-25-26-19(31-12)11-30-18-6-5-15(21(22,23)24)8-17(18)13-3-2-4-16(7-13)27-9-14(10-27)20(28)29/h2-8,14H,9-11H2,1H3,(H,28,29). The quantitative estimate of drug-likeness (QED) is 0.624. The second-order valence-electron chi connectivity index (χ2n) is 7.20. The number of nitrogens with zero attached hydrogens (tertiary/aromatic N) is 3. The predicted molar refractivity (Wildman–Crippen MR) is 104 cm³/mol. The van der Waals surface area contributed by atoms with Crippen LogP contribution in [0.15, 0.2) is 46.9 Å². The molecule has 0 amide bonds. The number of hydrogen-bond acceptors (Lipinski definition) is 6. The van der Waals surface area contributed by atoms with Crippen LogP contribution in [0.2, 0.25) is 0 Å². The van der Waals surface area contributed by atoms with E-state index < -0.39 is 23.6 Å². The molecule has 0 spiro atoms. The smallest absolute Gasteiger partial charge is 0.416 e. The first-order valence-electron chi connectivity index (χ1n) is 9.42. The Bertz CT molecular complexity index is 1110. The normalized spacial score (nSPS) is 14.4. The van der Waals surface area contributed by atoms with Crippen LogP contribution in [0, 0.1) is 12.8 Å². The van der Waals surface area contributed by atoms with E-state index in [4.69, 9.17) is 14.3 Å². The van der Waals surface area contributed by atoms with Gasteiger partial charge in [-0.15, -0.1) is 10.2 Å². The summed E-state index contributed by atoms with van der Waals surface area (Å²) >= 11 is 0. The minimum Gasteiger partial charge on any atom is -0.483 e. The van der Waals surface area contributed by atoms with Crippen LogP contribution in [0.5, 0.6) is 5.75 Å². The lowest BCUT2D eigenvalue weighted by molar-refractivity contribution is -0.142. The van der Waals surface area contributed by atoms with Crippen molar-refractivity contribution < 1.29 is 32.2 Å². The second kappa shape index (κ2) is 7.93. The lowest BCUT2D eigenvalue weighted by Crippen LogP contribution is -2.50. The SMILES string of the molecule is Cc1nnc(COc2ccc(C(F)(F)F)cc2-c2cccc(N3CC(C(=O)O)C3)c2)o1. The van der Waals surface area contributed by atoms with Crippen LogP contribution in [0.3, 0.4) is 0 Å². The number of aryl methyl sites for hydroxylation is 1. The summed E-state index contributed by atoms with van der Waals surface area (Å²) in [6, 6.07) is 10.1. The average Bonchev–Trinajstić information content (AvgIpc) is 3.09. The van der Waals surface area contributed by atoms with Crippen molar-refractivity contribution in [3.8, 4) is 16.9 Å². The summed E-state index contributed by atoms with van der Waals surface area (Å²) in [5.74, 6) is -0.523. The van der Waals surface area contributed by atoms with Crippen molar-refractivity contribution in [1.29, 1.82) is 0 Å². The topological polar surface area (TPSA) is 88.7 Å². The second-order valence-corrected chi connectivity index (χ2v) is 7.20. The summed E-state index contributed by atoms with van der Waals surface area (Å²) in [6.45, 7) is 2.23. The Kier molecular flexibility index (Phi) is 5.30. The number of aliphatic carboxylic acids is 1. The molecule has 1 aromatic heterocycles. The van der Waals surface area contributed by atoms with E-state index in [2.05, 4.69) is 10.2 Å². The molecule has 162 valence electrons. The summed E-state index contributed by atoms with van der Waals surface area (Å²) in [6.07, 6.45) is -4.51. The van der Waals surface area contributed by atoms with Gasteiger partial charge in [-0.25, -0.2) is 0 Å². The zero-order chi connectivity index (χ0) is 22.2. The molecule has 4 rings (SSSR count). The molecular weight excluding hydrogens is 415 g/mol. The monoisotopic (exact) mass is 433 g/mol. The van der Waals surface area contributed by atoms with Crippen molar-refractivity contribution in [2.45, 2.75) is 19.7 Å². The molecule has 0 radical (unpaired) electrons. The number of halogens is 3. The first-order chi connectivity index (χ1) is 14.7. The zero-order valence-electron chi connectivity index (χ0n) is 16.4. The highest BCUT2D eigenvalue weighted by atomic mass is 19.4. The molecule has 1 fully saturated rings. The number of ether oxygens (including phenoxy) is 1. The van der Waals surface area contributed by atoms with Gasteiger partial charge in [0.2, 0.25) is 5.89 Å². The minimum absolute atomic E-state index is 0.0920. The Morgan fingerprint density at radius 3 is 2.65 bits per heavy atom. The Balaban J connectivity index is 1.65. The highest BCUT2D eigenvalue weighted by Crippen LogP contribution is 2.39. The molecule has 7 nitrogen and oxygen atoms in total. The molecule has 10 heteroatoms.